The molecule has 28 heavy (non-hydrogen) atoms. The van der Waals surface area contributed by atoms with Crippen molar-refractivity contribution in [3.8, 4) is 5.75 Å². The lowest BCUT2D eigenvalue weighted by Gasteiger charge is -2.17. The van der Waals surface area contributed by atoms with Gasteiger partial charge in [-0.15, -0.1) is 11.8 Å². The summed E-state index contributed by atoms with van der Waals surface area (Å²) in [5.41, 5.74) is 3.09. The number of nitrogens with one attached hydrogen (secondary N) is 1. The molecule has 2 aromatic rings. The quantitative estimate of drug-likeness (QED) is 0.726. The van der Waals surface area contributed by atoms with E-state index in [0.717, 1.165) is 27.5 Å². The van der Waals surface area contributed by atoms with Gasteiger partial charge >= 0.3 is 0 Å². The Bertz CT molecular complexity index is 869. The summed E-state index contributed by atoms with van der Waals surface area (Å²) in [5, 5.41) is 2.98. The van der Waals surface area contributed by atoms with Gasteiger partial charge in [-0.2, -0.15) is 0 Å². The number of aryl methyl sites for hydroxylation is 1. The highest BCUT2D eigenvalue weighted by atomic mass is 32.2. The van der Waals surface area contributed by atoms with Crippen LogP contribution in [0.3, 0.4) is 0 Å². The molecule has 2 aromatic carbocycles. The lowest BCUT2D eigenvalue weighted by Crippen LogP contribution is -2.34. The second-order valence-electron chi connectivity index (χ2n) is 6.96. The van der Waals surface area contributed by atoms with Crippen molar-refractivity contribution >= 4 is 29.3 Å². The molecule has 1 fully saturated rings. The number of thioether (sulfide) groups is 1. The largest absolute Gasteiger partial charge is 0.496 e. The Hall–Kier alpha value is -2.47. The van der Waals surface area contributed by atoms with Gasteiger partial charge in [0.1, 0.15) is 5.75 Å². The Kier molecular flexibility index (Phi) is 6.62. The van der Waals surface area contributed by atoms with Gasteiger partial charge in [-0.25, -0.2) is 0 Å². The Morgan fingerprint density at radius 3 is 2.86 bits per heavy atom. The van der Waals surface area contributed by atoms with Gasteiger partial charge in [0, 0.05) is 30.1 Å². The number of rotatable bonds is 7. The first-order valence-electron chi connectivity index (χ1n) is 9.37. The first-order valence-corrected chi connectivity index (χ1v) is 10.6. The maximum atomic E-state index is 12.6. The molecule has 1 saturated heterocycles. The van der Waals surface area contributed by atoms with E-state index in [2.05, 4.69) is 11.4 Å². The molecule has 0 unspecified atom stereocenters. The molecule has 1 atom stereocenters. The van der Waals surface area contributed by atoms with E-state index in [-0.39, 0.29) is 24.2 Å². The highest BCUT2D eigenvalue weighted by molar-refractivity contribution is 7.98. The normalized spacial score (nSPS) is 16.3. The van der Waals surface area contributed by atoms with E-state index < -0.39 is 0 Å². The van der Waals surface area contributed by atoms with E-state index in [4.69, 9.17) is 4.74 Å². The summed E-state index contributed by atoms with van der Waals surface area (Å²) in [4.78, 5) is 27.8. The van der Waals surface area contributed by atoms with Crippen LogP contribution in [0.4, 0.5) is 5.69 Å². The van der Waals surface area contributed by atoms with Gasteiger partial charge < -0.3 is 15.0 Å². The number of ether oxygens (including phenoxy) is 1. The first kappa shape index (κ1) is 20.3. The van der Waals surface area contributed by atoms with Crippen LogP contribution in [0.5, 0.6) is 5.75 Å². The summed E-state index contributed by atoms with van der Waals surface area (Å²) in [7, 11) is 1.65. The molecular weight excluding hydrogens is 372 g/mol. The molecule has 1 aliphatic heterocycles. The molecule has 0 aromatic heterocycles. The number of hydrogen-bond donors (Lipinski definition) is 1. The van der Waals surface area contributed by atoms with Crippen LogP contribution >= 0.6 is 11.8 Å². The van der Waals surface area contributed by atoms with Gasteiger partial charge in [0.2, 0.25) is 11.8 Å². The summed E-state index contributed by atoms with van der Waals surface area (Å²) in [6.45, 7) is 2.98. The molecular formula is C22H26N2O3S. The third kappa shape index (κ3) is 4.68. The lowest BCUT2D eigenvalue weighted by molar-refractivity contribution is -0.126. The molecule has 1 N–H and O–H groups in total. The second-order valence-corrected chi connectivity index (χ2v) is 7.84. The van der Waals surface area contributed by atoms with Crippen LogP contribution in [-0.4, -0.2) is 38.3 Å². The van der Waals surface area contributed by atoms with Crippen molar-refractivity contribution in [3.63, 3.8) is 0 Å². The van der Waals surface area contributed by atoms with Crippen LogP contribution < -0.4 is 15.0 Å². The van der Waals surface area contributed by atoms with Gasteiger partial charge in [-0.1, -0.05) is 23.8 Å². The minimum absolute atomic E-state index is 0.00115. The van der Waals surface area contributed by atoms with E-state index >= 15 is 0 Å². The topological polar surface area (TPSA) is 58.6 Å². The summed E-state index contributed by atoms with van der Waals surface area (Å²) in [6.07, 6.45) is 2.95. The van der Waals surface area contributed by atoms with Crippen molar-refractivity contribution in [1.82, 2.24) is 5.32 Å². The van der Waals surface area contributed by atoms with Crippen molar-refractivity contribution in [2.75, 3.05) is 31.4 Å². The fourth-order valence-electron chi connectivity index (χ4n) is 3.48. The van der Waals surface area contributed by atoms with E-state index in [9.17, 15) is 9.59 Å². The number of carbonyl (C=O) groups is 2. The summed E-state index contributed by atoms with van der Waals surface area (Å²) in [6, 6.07) is 13.9. The Labute approximate surface area is 170 Å². The molecule has 0 radical (unpaired) electrons. The third-order valence-corrected chi connectivity index (χ3v) is 5.72. The fraction of sp³-hybridized carbons (Fsp3) is 0.364. The SMILES string of the molecule is COc1ccc(C)cc1CCNC(=O)[C@H]1CC(=O)N(c2cccc(SC)c2)C1. The summed E-state index contributed by atoms with van der Waals surface area (Å²) < 4.78 is 5.39. The number of nitrogens with zero attached hydrogens (tertiary/aromatic N) is 1. The smallest absolute Gasteiger partial charge is 0.227 e. The molecule has 148 valence electrons. The molecule has 2 amide bonds. The molecule has 5 nitrogen and oxygen atoms in total. The first-order chi connectivity index (χ1) is 13.5. The minimum atomic E-state index is -0.315. The molecule has 3 rings (SSSR count). The second kappa shape index (κ2) is 9.15. The predicted molar refractivity (Wildman–Crippen MR) is 113 cm³/mol. The number of carbonyl (C=O) groups excluding carboxylic acids is 2. The third-order valence-electron chi connectivity index (χ3n) is 4.99. The maximum Gasteiger partial charge on any atom is 0.227 e. The van der Waals surface area contributed by atoms with Crippen molar-refractivity contribution < 1.29 is 14.3 Å². The highest BCUT2D eigenvalue weighted by Crippen LogP contribution is 2.28. The average molecular weight is 399 g/mol. The molecule has 0 aliphatic carbocycles. The van der Waals surface area contributed by atoms with Crippen molar-refractivity contribution in [2.24, 2.45) is 5.92 Å². The zero-order chi connectivity index (χ0) is 20.1. The van der Waals surface area contributed by atoms with Crippen LogP contribution in [0.25, 0.3) is 0 Å². The number of amides is 2. The molecule has 0 bridgehead atoms. The molecule has 0 spiro atoms. The number of anilines is 1. The average Bonchev–Trinajstić information content (AvgIpc) is 3.10. The van der Waals surface area contributed by atoms with Gasteiger partial charge in [0.15, 0.2) is 0 Å². The number of methoxy groups -OCH3 is 1. The Morgan fingerprint density at radius 1 is 1.29 bits per heavy atom. The number of hydrogen-bond acceptors (Lipinski definition) is 4. The van der Waals surface area contributed by atoms with Crippen molar-refractivity contribution in [2.45, 2.75) is 24.7 Å². The van der Waals surface area contributed by atoms with Crippen LogP contribution in [0.15, 0.2) is 47.4 Å². The van der Waals surface area contributed by atoms with E-state index in [0.29, 0.717) is 19.5 Å². The highest BCUT2D eigenvalue weighted by Gasteiger charge is 2.35. The Balaban J connectivity index is 1.57. The van der Waals surface area contributed by atoms with E-state index in [1.165, 1.54) is 0 Å². The van der Waals surface area contributed by atoms with Gasteiger partial charge in [-0.05, 0) is 49.4 Å². The van der Waals surface area contributed by atoms with E-state index in [1.807, 2.05) is 49.6 Å². The van der Waals surface area contributed by atoms with Gasteiger partial charge in [-0.3, -0.25) is 9.59 Å². The Morgan fingerprint density at radius 2 is 2.11 bits per heavy atom. The van der Waals surface area contributed by atoms with Crippen LogP contribution in [-0.2, 0) is 16.0 Å². The predicted octanol–water partition coefficient (Wildman–Crippen LogP) is 3.44. The minimum Gasteiger partial charge on any atom is -0.496 e. The molecule has 6 heteroatoms. The zero-order valence-electron chi connectivity index (χ0n) is 16.5. The number of benzene rings is 2. The zero-order valence-corrected chi connectivity index (χ0v) is 17.3. The standard InChI is InChI=1S/C22H26N2O3S/c1-15-7-8-20(27-2)16(11-15)9-10-23-22(26)17-12-21(25)24(14-17)18-5-4-6-19(13-18)28-3/h4-8,11,13,17H,9-10,12,14H2,1-3H3,(H,23,26)/t17-/m0/s1. The lowest BCUT2D eigenvalue weighted by atomic mass is 10.1. The maximum absolute atomic E-state index is 12.6. The molecule has 0 saturated carbocycles. The summed E-state index contributed by atoms with van der Waals surface area (Å²) in [5.74, 6) is 0.447. The van der Waals surface area contributed by atoms with Crippen LogP contribution in [0, 0.1) is 12.8 Å². The van der Waals surface area contributed by atoms with Crippen LogP contribution in [0.1, 0.15) is 17.5 Å². The van der Waals surface area contributed by atoms with Crippen molar-refractivity contribution in [1.29, 1.82) is 0 Å². The monoisotopic (exact) mass is 398 g/mol. The molecule has 1 heterocycles. The molecule has 1 aliphatic rings. The van der Waals surface area contributed by atoms with Crippen LogP contribution in [0.2, 0.25) is 0 Å². The summed E-state index contributed by atoms with van der Waals surface area (Å²) >= 11 is 1.64. The fourth-order valence-corrected chi connectivity index (χ4v) is 3.93. The van der Waals surface area contributed by atoms with E-state index in [1.54, 1.807) is 23.8 Å². The van der Waals surface area contributed by atoms with Gasteiger partial charge in [0.25, 0.3) is 0 Å². The van der Waals surface area contributed by atoms with Crippen molar-refractivity contribution in [3.05, 3.63) is 53.6 Å². The van der Waals surface area contributed by atoms with Gasteiger partial charge in [0.05, 0.1) is 13.0 Å².